The van der Waals surface area contributed by atoms with E-state index >= 15 is 0 Å². The lowest BCUT2D eigenvalue weighted by molar-refractivity contribution is 0.672. The first kappa shape index (κ1) is 33.6. The molecule has 11 aromatic rings. The summed E-state index contributed by atoms with van der Waals surface area (Å²) in [5.74, 6) is 0. The number of furan rings is 1. The molecule has 0 spiro atoms. The maximum atomic E-state index is 6.90. The van der Waals surface area contributed by atoms with E-state index in [0.717, 1.165) is 50.0 Å². The summed E-state index contributed by atoms with van der Waals surface area (Å²) >= 11 is 0. The summed E-state index contributed by atoms with van der Waals surface area (Å²) in [4.78, 5) is 2.39. The fourth-order valence-corrected chi connectivity index (χ4v) is 8.67. The molecule has 272 valence electrons. The fourth-order valence-electron chi connectivity index (χ4n) is 8.67. The SMILES string of the molecule is c1ccc(-c2ccc(-c3cccc(N(c4ccc(-c5ccccc5)cc4)c4cccc5oc6c7ccccc7c(-c7cccc8ccccc78)cc6c45)c3)cc2)cc1. The highest BCUT2D eigenvalue weighted by Crippen LogP contribution is 2.47. The summed E-state index contributed by atoms with van der Waals surface area (Å²) in [7, 11) is 0. The van der Waals surface area contributed by atoms with Gasteiger partial charge in [0.15, 0.2) is 0 Å². The Bertz CT molecular complexity index is 3250. The van der Waals surface area contributed by atoms with Crippen molar-refractivity contribution in [3.8, 4) is 44.5 Å². The minimum absolute atomic E-state index is 0.853. The fraction of sp³-hybridized carbons (Fsp3) is 0. The van der Waals surface area contributed by atoms with Crippen molar-refractivity contribution in [3.05, 3.63) is 224 Å². The summed E-state index contributed by atoms with van der Waals surface area (Å²) < 4.78 is 6.90. The Hall–Kier alpha value is -7.68. The van der Waals surface area contributed by atoms with Crippen LogP contribution in [0.15, 0.2) is 229 Å². The molecule has 0 radical (unpaired) electrons. The monoisotopic (exact) mass is 739 g/mol. The van der Waals surface area contributed by atoms with E-state index in [1.807, 2.05) is 0 Å². The molecule has 0 atom stereocenters. The molecule has 0 aliphatic heterocycles. The van der Waals surface area contributed by atoms with E-state index in [2.05, 4.69) is 229 Å². The first-order valence-corrected chi connectivity index (χ1v) is 19.8. The number of hydrogen-bond donors (Lipinski definition) is 0. The number of benzene rings is 10. The van der Waals surface area contributed by atoms with Crippen LogP contribution >= 0.6 is 0 Å². The zero-order valence-corrected chi connectivity index (χ0v) is 31.7. The minimum atomic E-state index is 0.853. The summed E-state index contributed by atoms with van der Waals surface area (Å²) in [6.45, 7) is 0. The second-order valence-corrected chi connectivity index (χ2v) is 14.9. The molecule has 0 amide bonds. The third kappa shape index (κ3) is 5.82. The number of rotatable bonds is 7. The van der Waals surface area contributed by atoms with Gasteiger partial charge in [-0.3, -0.25) is 0 Å². The number of nitrogens with zero attached hydrogens (tertiary/aromatic N) is 1. The van der Waals surface area contributed by atoms with E-state index in [1.165, 1.54) is 55.1 Å². The maximum Gasteiger partial charge on any atom is 0.143 e. The van der Waals surface area contributed by atoms with Crippen LogP contribution in [-0.4, -0.2) is 0 Å². The van der Waals surface area contributed by atoms with Gasteiger partial charge >= 0.3 is 0 Å². The van der Waals surface area contributed by atoms with Gasteiger partial charge in [-0.25, -0.2) is 0 Å². The zero-order chi connectivity index (χ0) is 38.4. The number of hydrogen-bond acceptors (Lipinski definition) is 2. The van der Waals surface area contributed by atoms with Crippen molar-refractivity contribution >= 4 is 60.5 Å². The molecule has 0 unspecified atom stereocenters. The second-order valence-electron chi connectivity index (χ2n) is 14.9. The van der Waals surface area contributed by atoms with Gasteiger partial charge in [0, 0.05) is 22.1 Å². The van der Waals surface area contributed by atoms with Gasteiger partial charge in [0.05, 0.1) is 11.1 Å². The molecular formula is C56H37NO. The van der Waals surface area contributed by atoms with Gasteiger partial charge in [-0.15, -0.1) is 0 Å². The van der Waals surface area contributed by atoms with Crippen LogP contribution in [0.25, 0.3) is 88.0 Å². The van der Waals surface area contributed by atoms with E-state index in [4.69, 9.17) is 4.42 Å². The van der Waals surface area contributed by atoms with Crippen LogP contribution in [0.1, 0.15) is 0 Å². The van der Waals surface area contributed by atoms with Crippen LogP contribution in [-0.2, 0) is 0 Å². The summed E-state index contributed by atoms with van der Waals surface area (Å²) in [6.07, 6.45) is 0. The van der Waals surface area contributed by atoms with Gasteiger partial charge < -0.3 is 9.32 Å². The van der Waals surface area contributed by atoms with Crippen LogP contribution in [0, 0.1) is 0 Å². The second kappa shape index (κ2) is 14.1. The molecule has 1 aromatic heterocycles. The standard InChI is InChI=1S/C56H37NO/c1-3-14-38(15-4-1)40-28-30-42(31-29-40)44-20-11-21-46(36-44)57(45-34-32-41(33-35-45)39-16-5-2-6-17-39)53-26-13-27-54-55(53)52-37-51(49-23-9-10-24-50(49)56(52)58-54)48-25-12-19-43-18-7-8-22-47(43)48/h1-37H. The summed E-state index contributed by atoms with van der Waals surface area (Å²) in [6, 6.07) is 80.5. The summed E-state index contributed by atoms with van der Waals surface area (Å²) in [5.41, 5.74) is 14.4. The Morgan fingerprint density at radius 2 is 0.845 bits per heavy atom. The lowest BCUT2D eigenvalue weighted by Crippen LogP contribution is -2.10. The van der Waals surface area contributed by atoms with Crippen molar-refractivity contribution in [2.24, 2.45) is 0 Å². The molecule has 2 nitrogen and oxygen atoms in total. The molecule has 0 bridgehead atoms. The van der Waals surface area contributed by atoms with E-state index in [9.17, 15) is 0 Å². The van der Waals surface area contributed by atoms with E-state index in [1.54, 1.807) is 0 Å². The van der Waals surface area contributed by atoms with Crippen molar-refractivity contribution < 1.29 is 4.42 Å². The third-order valence-electron chi connectivity index (χ3n) is 11.5. The largest absolute Gasteiger partial charge is 0.455 e. The van der Waals surface area contributed by atoms with Crippen molar-refractivity contribution in [3.63, 3.8) is 0 Å². The molecule has 11 rings (SSSR count). The molecule has 0 aliphatic carbocycles. The van der Waals surface area contributed by atoms with Gasteiger partial charge in [0.25, 0.3) is 0 Å². The van der Waals surface area contributed by atoms with Crippen LogP contribution in [0.2, 0.25) is 0 Å². The highest BCUT2D eigenvalue weighted by atomic mass is 16.3. The molecule has 0 saturated heterocycles. The molecule has 0 fully saturated rings. The molecule has 0 N–H and O–H groups in total. The van der Waals surface area contributed by atoms with Crippen LogP contribution in [0.5, 0.6) is 0 Å². The zero-order valence-electron chi connectivity index (χ0n) is 31.7. The first-order chi connectivity index (χ1) is 28.8. The smallest absolute Gasteiger partial charge is 0.143 e. The van der Waals surface area contributed by atoms with Crippen LogP contribution < -0.4 is 4.90 Å². The molecule has 10 aromatic carbocycles. The Morgan fingerprint density at radius 3 is 1.57 bits per heavy atom. The van der Waals surface area contributed by atoms with Gasteiger partial charge in [-0.2, -0.15) is 0 Å². The Labute approximate surface area is 337 Å². The lowest BCUT2D eigenvalue weighted by Gasteiger charge is -2.27. The lowest BCUT2D eigenvalue weighted by atomic mass is 9.92. The van der Waals surface area contributed by atoms with Gasteiger partial charge in [0.2, 0.25) is 0 Å². The summed E-state index contributed by atoms with van der Waals surface area (Å²) in [5, 5.41) is 6.90. The number of anilines is 3. The average Bonchev–Trinajstić information content (AvgIpc) is 3.69. The molecule has 1 heterocycles. The highest BCUT2D eigenvalue weighted by Gasteiger charge is 2.22. The van der Waals surface area contributed by atoms with E-state index in [0.29, 0.717) is 0 Å². The van der Waals surface area contributed by atoms with Gasteiger partial charge in [-0.05, 0) is 103 Å². The Kier molecular flexibility index (Phi) is 8.19. The molecule has 58 heavy (non-hydrogen) atoms. The average molecular weight is 740 g/mol. The first-order valence-electron chi connectivity index (χ1n) is 19.8. The van der Waals surface area contributed by atoms with Crippen LogP contribution in [0.3, 0.4) is 0 Å². The topological polar surface area (TPSA) is 16.4 Å². The molecule has 0 aliphatic rings. The van der Waals surface area contributed by atoms with Gasteiger partial charge in [0.1, 0.15) is 11.2 Å². The highest BCUT2D eigenvalue weighted by molar-refractivity contribution is 6.23. The third-order valence-corrected chi connectivity index (χ3v) is 11.5. The Balaban J connectivity index is 1.13. The minimum Gasteiger partial charge on any atom is -0.455 e. The molecule has 2 heteroatoms. The Morgan fingerprint density at radius 1 is 0.310 bits per heavy atom. The quantitative estimate of drug-likeness (QED) is 0.162. The molecular weight excluding hydrogens is 703 g/mol. The predicted molar refractivity (Wildman–Crippen MR) is 245 cm³/mol. The van der Waals surface area contributed by atoms with Crippen LogP contribution in [0.4, 0.5) is 17.1 Å². The normalized spacial score (nSPS) is 11.4. The predicted octanol–water partition coefficient (Wildman–Crippen LogP) is 16.0. The number of fused-ring (bicyclic) bond motifs is 6. The van der Waals surface area contributed by atoms with E-state index < -0.39 is 0 Å². The van der Waals surface area contributed by atoms with Gasteiger partial charge in [-0.1, -0.05) is 182 Å². The maximum absolute atomic E-state index is 6.90. The van der Waals surface area contributed by atoms with Crippen molar-refractivity contribution in [1.29, 1.82) is 0 Å². The van der Waals surface area contributed by atoms with Crippen molar-refractivity contribution in [2.75, 3.05) is 4.90 Å². The van der Waals surface area contributed by atoms with Crippen molar-refractivity contribution in [1.82, 2.24) is 0 Å². The van der Waals surface area contributed by atoms with E-state index in [-0.39, 0.29) is 0 Å². The molecule has 0 saturated carbocycles. The van der Waals surface area contributed by atoms with Crippen molar-refractivity contribution in [2.45, 2.75) is 0 Å².